The Labute approximate surface area is 152 Å². The lowest BCUT2D eigenvalue weighted by Gasteiger charge is -2.28. The molecule has 1 aliphatic heterocycles. The maximum atomic E-state index is 12.5. The number of rotatable bonds is 5. The number of benzene rings is 1. The third kappa shape index (κ3) is 4.52. The van der Waals surface area contributed by atoms with Gasteiger partial charge < -0.3 is 4.90 Å². The van der Waals surface area contributed by atoms with Crippen molar-refractivity contribution in [2.75, 3.05) is 20.1 Å². The van der Waals surface area contributed by atoms with Crippen LogP contribution < -0.4 is 0 Å². The molecule has 2 heterocycles. The maximum absolute atomic E-state index is 12.5. The van der Waals surface area contributed by atoms with Gasteiger partial charge in [-0.15, -0.1) is 0 Å². The Hall–Kier alpha value is -1.52. The van der Waals surface area contributed by atoms with Crippen molar-refractivity contribution >= 4 is 21.7 Å². The van der Waals surface area contributed by atoms with Crippen LogP contribution in [0.25, 0.3) is 0 Å². The molecule has 4 heteroatoms. The first-order valence-electron chi connectivity index (χ1n) is 8.53. The smallest absolute Gasteiger partial charge is 0.169 e. The van der Waals surface area contributed by atoms with Gasteiger partial charge in [0.25, 0.3) is 0 Å². The minimum Gasteiger partial charge on any atom is -0.306 e. The van der Waals surface area contributed by atoms with E-state index in [1.165, 1.54) is 25.9 Å². The summed E-state index contributed by atoms with van der Waals surface area (Å²) >= 11 is 3.45. The first-order valence-corrected chi connectivity index (χ1v) is 9.32. The van der Waals surface area contributed by atoms with Crippen LogP contribution in [0, 0.1) is 5.92 Å². The summed E-state index contributed by atoms with van der Waals surface area (Å²) in [6.07, 6.45) is 3.84. The highest BCUT2D eigenvalue weighted by atomic mass is 79.9. The van der Waals surface area contributed by atoms with Crippen molar-refractivity contribution in [3.63, 3.8) is 0 Å². The summed E-state index contributed by atoms with van der Waals surface area (Å²) in [7, 11) is 2.18. The first kappa shape index (κ1) is 17.3. The highest BCUT2D eigenvalue weighted by molar-refractivity contribution is 9.10. The largest absolute Gasteiger partial charge is 0.306 e. The predicted molar refractivity (Wildman–Crippen MR) is 100 cm³/mol. The molecule has 2 aromatic rings. The Balaban J connectivity index is 1.65. The molecule has 3 nitrogen and oxygen atoms in total. The normalized spacial score (nSPS) is 16.2. The van der Waals surface area contributed by atoms with E-state index < -0.39 is 0 Å². The second kappa shape index (κ2) is 8.04. The van der Waals surface area contributed by atoms with E-state index in [0.717, 1.165) is 27.8 Å². The molecule has 0 spiro atoms. The van der Waals surface area contributed by atoms with Crippen molar-refractivity contribution in [3.05, 3.63) is 63.9 Å². The number of likely N-dealkylation sites (tertiary alicyclic amines) is 1. The summed E-state index contributed by atoms with van der Waals surface area (Å²) in [4.78, 5) is 19.6. The number of nitrogens with zero attached hydrogens (tertiary/aromatic N) is 2. The third-order valence-corrected chi connectivity index (χ3v) is 5.41. The predicted octanol–water partition coefficient (Wildman–Crippen LogP) is 4.15. The fourth-order valence-corrected chi connectivity index (χ4v) is 3.76. The summed E-state index contributed by atoms with van der Waals surface area (Å²) in [5, 5.41) is 0. The average Bonchev–Trinajstić information content (AvgIpc) is 2.58. The number of aromatic nitrogens is 1. The van der Waals surface area contributed by atoms with Gasteiger partial charge in [-0.3, -0.25) is 9.78 Å². The molecule has 1 aliphatic rings. The van der Waals surface area contributed by atoms with Gasteiger partial charge in [-0.05, 0) is 63.5 Å². The number of piperidine rings is 1. The van der Waals surface area contributed by atoms with Crippen molar-refractivity contribution in [2.45, 2.75) is 25.7 Å². The zero-order valence-corrected chi connectivity index (χ0v) is 15.6. The topological polar surface area (TPSA) is 33.2 Å². The SMILES string of the molecule is CN1CCC(Cc2cccc(CC(=O)c3ccccc3Br)n2)CC1. The van der Waals surface area contributed by atoms with Gasteiger partial charge in [-0.25, -0.2) is 0 Å². The van der Waals surface area contributed by atoms with E-state index in [1.807, 2.05) is 36.4 Å². The highest BCUT2D eigenvalue weighted by Crippen LogP contribution is 2.21. The minimum atomic E-state index is 0.103. The van der Waals surface area contributed by atoms with Crippen LogP contribution in [-0.2, 0) is 12.8 Å². The molecule has 3 rings (SSSR count). The molecule has 0 bridgehead atoms. The summed E-state index contributed by atoms with van der Waals surface area (Å²) in [6.45, 7) is 2.34. The molecular weight excluding hydrogens is 364 g/mol. The monoisotopic (exact) mass is 386 g/mol. The second-order valence-corrected chi connectivity index (χ2v) is 7.51. The van der Waals surface area contributed by atoms with Crippen molar-refractivity contribution in [2.24, 2.45) is 5.92 Å². The van der Waals surface area contributed by atoms with Crippen LogP contribution in [0.5, 0.6) is 0 Å². The van der Waals surface area contributed by atoms with Gasteiger partial charge in [0, 0.05) is 21.4 Å². The van der Waals surface area contributed by atoms with E-state index in [4.69, 9.17) is 4.98 Å². The molecular formula is C20H23BrN2O. The van der Waals surface area contributed by atoms with E-state index in [0.29, 0.717) is 12.3 Å². The van der Waals surface area contributed by atoms with E-state index in [-0.39, 0.29) is 5.78 Å². The minimum absolute atomic E-state index is 0.103. The zero-order valence-electron chi connectivity index (χ0n) is 14.0. The molecule has 1 aromatic heterocycles. The van der Waals surface area contributed by atoms with Gasteiger partial charge in [0.05, 0.1) is 6.42 Å². The molecule has 1 saturated heterocycles. The molecule has 0 amide bonds. The third-order valence-electron chi connectivity index (χ3n) is 4.72. The number of pyridine rings is 1. The fraction of sp³-hybridized carbons (Fsp3) is 0.400. The molecule has 0 atom stereocenters. The Bertz CT molecular complexity index is 708. The van der Waals surface area contributed by atoms with Gasteiger partial charge in [-0.1, -0.05) is 40.2 Å². The standard InChI is InChI=1S/C20H23BrN2O/c1-23-11-9-15(10-12-23)13-16-5-4-6-17(22-16)14-20(24)18-7-2-3-8-19(18)21/h2-8,15H,9-14H2,1H3. The zero-order chi connectivity index (χ0) is 16.9. The number of hydrogen-bond donors (Lipinski definition) is 0. The summed E-state index contributed by atoms with van der Waals surface area (Å²) in [5.74, 6) is 0.814. The Morgan fingerprint density at radius 3 is 2.58 bits per heavy atom. The fourth-order valence-electron chi connectivity index (χ4n) is 3.25. The number of Topliss-reactive ketones (excluding diaryl/α,β-unsaturated/α-hetero) is 1. The van der Waals surface area contributed by atoms with Gasteiger partial charge >= 0.3 is 0 Å². The highest BCUT2D eigenvalue weighted by Gasteiger charge is 2.18. The van der Waals surface area contributed by atoms with E-state index in [2.05, 4.69) is 33.9 Å². The number of hydrogen-bond acceptors (Lipinski definition) is 3. The molecule has 0 aliphatic carbocycles. The van der Waals surface area contributed by atoms with Crippen LogP contribution in [0.4, 0.5) is 0 Å². The van der Waals surface area contributed by atoms with Crippen LogP contribution in [0.1, 0.15) is 34.6 Å². The van der Waals surface area contributed by atoms with Crippen molar-refractivity contribution in [3.8, 4) is 0 Å². The average molecular weight is 387 g/mol. The van der Waals surface area contributed by atoms with E-state index in [1.54, 1.807) is 0 Å². The van der Waals surface area contributed by atoms with Gasteiger partial charge in [-0.2, -0.15) is 0 Å². The number of halogens is 1. The molecule has 126 valence electrons. The van der Waals surface area contributed by atoms with Gasteiger partial charge in [0.2, 0.25) is 0 Å². The van der Waals surface area contributed by atoms with E-state index in [9.17, 15) is 4.79 Å². The lowest BCUT2D eigenvalue weighted by Crippen LogP contribution is -2.31. The Morgan fingerprint density at radius 2 is 1.83 bits per heavy atom. The van der Waals surface area contributed by atoms with E-state index >= 15 is 0 Å². The molecule has 24 heavy (non-hydrogen) atoms. The van der Waals surface area contributed by atoms with Crippen molar-refractivity contribution in [1.29, 1.82) is 0 Å². The second-order valence-electron chi connectivity index (χ2n) is 6.65. The van der Waals surface area contributed by atoms with Crippen LogP contribution in [0.3, 0.4) is 0 Å². The van der Waals surface area contributed by atoms with Gasteiger partial charge in [0.15, 0.2) is 5.78 Å². The summed E-state index contributed by atoms with van der Waals surface area (Å²) < 4.78 is 0.845. The maximum Gasteiger partial charge on any atom is 0.169 e. The van der Waals surface area contributed by atoms with Crippen LogP contribution in [-0.4, -0.2) is 35.8 Å². The number of carbonyl (C=O) groups is 1. The van der Waals surface area contributed by atoms with Gasteiger partial charge in [0.1, 0.15) is 0 Å². The lowest BCUT2D eigenvalue weighted by atomic mass is 9.92. The van der Waals surface area contributed by atoms with Crippen molar-refractivity contribution < 1.29 is 4.79 Å². The Kier molecular flexibility index (Phi) is 5.80. The molecule has 1 fully saturated rings. The summed E-state index contributed by atoms with van der Waals surface area (Å²) in [5.41, 5.74) is 2.70. The quantitative estimate of drug-likeness (QED) is 0.723. The summed E-state index contributed by atoms with van der Waals surface area (Å²) in [6, 6.07) is 13.6. The Morgan fingerprint density at radius 1 is 1.12 bits per heavy atom. The van der Waals surface area contributed by atoms with Crippen LogP contribution >= 0.6 is 15.9 Å². The molecule has 1 aromatic carbocycles. The number of ketones is 1. The van der Waals surface area contributed by atoms with Crippen molar-refractivity contribution in [1.82, 2.24) is 9.88 Å². The van der Waals surface area contributed by atoms with Crippen LogP contribution in [0.2, 0.25) is 0 Å². The van der Waals surface area contributed by atoms with Crippen LogP contribution in [0.15, 0.2) is 46.9 Å². The molecule has 0 radical (unpaired) electrons. The lowest BCUT2D eigenvalue weighted by molar-refractivity contribution is 0.0991. The number of carbonyl (C=O) groups excluding carboxylic acids is 1. The molecule has 0 saturated carbocycles. The molecule has 0 N–H and O–H groups in total. The molecule has 0 unspecified atom stereocenters. The first-order chi connectivity index (χ1) is 11.6.